The zero-order valence-electron chi connectivity index (χ0n) is 24.9. The SMILES string of the molecule is Cc1cccc([C@@H]2CN(C3CCOCC3)C(=O)N2C2CCN(Cc3ccc(Sc4ccc(C(=O)O)cc4)nc3C)CC2)c1. The fourth-order valence-electron chi connectivity index (χ4n) is 6.66. The van der Waals surface area contributed by atoms with Crippen molar-refractivity contribution in [1.29, 1.82) is 0 Å². The summed E-state index contributed by atoms with van der Waals surface area (Å²) in [5, 5.41) is 10.0. The Kier molecular flexibility index (Phi) is 9.02. The van der Waals surface area contributed by atoms with E-state index >= 15 is 0 Å². The van der Waals surface area contributed by atoms with Crippen LogP contribution in [0.15, 0.2) is 70.6 Å². The molecule has 2 aromatic carbocycles. The maximum atomic E-state index is 14.0. The maximum absolute atomic E-state index is 14.0. The molecule has 3 saturated heterocycles. The zero-order chi connectivity index (χ0) is 29.9. The number of aryl methyl sites for hydroxylation is 2. The van der Waals surface area contributed by atoms with Crippen LogP contribution in [0.3, 0.4) is 0 Å². The molecule has 226 valence electrons. The number of rotatable bonds is 8. The van der Waals surface area contributed by atoms with Gasteiger partial charge in [0.2, 0.25) is 0 Å². The number of carbonyl (C=O) groups excluding carboxylic acids is 1. The van der Waals surface area contributed by atoms with Gasteiger partial charge in [-0.15, -0.1) is 0 Å². The average Bonchev–Trinajstić information content (AvgIpc) is 3.36. The van der Waals surface area contributed by atoms with Gasteiger partial charge in [-0.1, -0.05) is 47.7 Å². The summed E-state index contributed by atoms with van der Waals surface area (Å²) in [6.07, 6.45) is 3.76. The van der Waals surface area contributed by atoms with Crippen molar-refractivity contribution < 1.29 is 19.4 Å². The molecular formula is C34H40N4O4S. The number of benzene rings is 2. The zero-order valence-corrected chi connectivity index (χ0v) is 25.8. The first-order valence-electron chi connectivity index (χ1n) is 15.3. The molecule has 3 aliphatic heterocycles. The van der Waals surface area contributed by atoms with E-state index in [1.807, 2.05) is 18.2 Å². The van der Waals surface area contributed by atoms with Crippen LogP contribution >= 0.6 is 11.8 Å². The number of pyridine rings is 1. The summed E-state index contributed by atoms with van der Waals surface area (Å²) in [4.78, 5) is 37.7. The number of carboxylic acid groups (broad SMARTS) is 1. The Bertz CT molecular complexity index is 1450. The topological polar surface area (TPSA) is 86.2 Å². The van der Waals surface area contributed by atoms with Crippen LogP contribution in [0.1, 0.15) is 64.5 Å². The molecule has 6 rings (SSSR count). The van der Waals surface area contributed by atoms with E-state index in [4.69, 9.17) is 14.8 Å². The van der Waals surface area contributed by atoms with E-state index in [9.17, 15) is 9.59 Å². The van der Waals surface area contributed by atoms with E-state index in [-0.39, 0.29) is 29.7 Å². The Morgan fingerprint density at radius 3 is 2.40 bits per heavy atom. The van der Waals surface area contributed by atoms with Crippen molar-refractivity contribution in [3.8, 4) is 0 Å². The van der Waals surface area contributed by atoms with Crippen molar-refractivity contribution in [3.63, 3.8) is 0 Å². The van der Waals surface area contributed by atoms with Crippen LogP contribution in [-0.4, -0.2) is 81.7 Å². The summed E-state index contributed by atoms with van der Waals surface area (Å²) in [6.45, 7) is 9.13. The third-order valence-electron chi connectivity index (χ3n) is 9.07. The number of carboxylic acids is 1. The normalized spacial score (nSPS) is 20.6. The van der Waals surface area contributed by atoms with Gasteiger partial charge in [0.25, 0.3) is 0 Å². The number of hydrogen-bond donors (Lipinski definition) is 1. The summed E-state index contributed by atoms with van der Waals surface area (Å²) in [5.74, 6) is -0.922. The van der Waals surface area contributed by atoms with Gasteiger partial charge >= 0.3 is 12.0 Å². The lowest BCUT2D eigenvalue weighted by Gasteiger charge is -2.39. The van der Waals surface area contributed by atoms with Gasteiger partial charge in [-0.05, 0) is 81.0 Å². The fourth-order valence-corrected chi connectivity index (χ4v) is 7.50. The van der Waals surface area contributed by atoms with E-state index in [1.54, 1.807) is 12.1 Å². The monoisotopic (exact) mass is 600 g/mol. The number of carbonyl (C=O) groups is 2. The summed E-state index contributed by atoms with van der Waals surface area (Å²) >= 11 is 1.53. The van der Waals surface area contributed by atoms with Crippen molar-refractivity contribution in [3.05, 3.63) is 88.6 Å². The van der Waals surface area contributed by atoms with E-state index in [0.717, 1.165) is 80.7 Å². The molecule has 1 N–H and O–H groups in total. The van der Waals surface area contributed by atoms with Gasteiger partial charge in [-0.3, -0.25) is 4.90 Å². The van der Waals surface area contributed by atoms with Crippen LogP contribution in [0.25, 0.3) is 0 Å². The molecule has 43 heavy (non-hydrogen) atoms. The van der Waals surface area contributed by atoms with Gasteiger partial charge in [0.05, 0.1) is 11.6 Å². The highest BCUT2D eigenvalue weighted by Crippen LogP contribution is 2.37. The first-order chi connectivity index (χ1) is 20.9. The number of urea groups is 1. The first kappa shape index (κ1) is 29.7. The van der Waals surface area contributed by atoms with Crippen LogP contribution in [-0.2, 0) is 11.3 Å². The number of hydrogen-bond acceptors (Lipinski definition) is 6. The molecular weight excluding hydrogens is 560 g/mol. The fraction of sp³-hybridized carbons (Fsp3) is 0.441. The number of piperidine rings is 1. The highest BCUT2D eigenvalue weighted by Gasteiger charge is 2.45. The van der Waals surface area contributed by atoms with Crippen molar-refractivity contribution >= 4 is 23.8 Å². The molecule has 0 unspecified atom stereocenters. The molecule has 1 atom stereocenters. The minimum atomic E-state index is -0.922. The number of nitrogens with zero attached hydrogens (tertiary/aromatic N) is 4. The second-order valence-electron chi connectivity index (χ2n) is 11.9. The van der Waals surface area contributed by atoms with Gasteiger partial charge < -0.3 is 19.6 Å². The minimum absolute atomic E-state index is 0.0867. The largest absolute Gasteiger partial charge is 0.478 e. The molecule has 3 aliphatic rings. The van der Waals surface area contributed by atoms with Gasteiger partial charge in [0.1, 0.15) is 5.03 Å². The predicted octanol–water partition coefficient (Wildman–Crippen LogP) is 6.17. The first-order valence-corrected chi connectivity index (χ1v) is 16.1. The third-order valence-corrected chi connectivity index (χ3v) is 10.0. The Hall–Kier alpha value is -3.40. The molecule has 9 heteroatoms. The number of aromatic nitrogens is 1. The van der Waals surface area contributed by atoms with Gasteiger partial charge in [0.15, 0.2) is 0 Å². The Morgan fingerprint density at radius 2 is 1.72 bits per heavy atom. The van der Waals surface area contributed by atoms with Crippen LogP contribution in [0, 0.1) is 13.8 Å². The molecule has 0 radical (unpaired) electrons. The minimum Gasteiger partial charge on any atom is -0.478 e. The van der Waals surface area contributed by atoms with Crippen LogP contribution in [0.2, 0.25) is 0 Å². The molecule has 1 aromatic heterocycles. The highest BCUT2D eigenvalue weighted by atomic mass is 32.2. The number of amides is 2. The predicted molar refractivity (Wildman–Crippen MR) is 166 cm³/mol. The summed E-state index contributed by atoms with van der Waals surface area (Å²) < 4.78 is 5.60. The van der Waals surface area contributed by atoms with Gasteiger partial charge in [-0.25, -0.2) is 14.6 Å². The molecule has 2 amide bonds. The standard InChI is InChI=1S/C34H40N4O4S/c1-23-4-3-5-26(20-23)31-22-37(28-14-18-42-19-15-28)34(41)38(31)29-12-16-36(17-13-29)21-27-8-11-32(35-24(27)2)43-30-9-6-25(7-10-30)33(39)40/h3-11,20,28-29,31H,12-19,21-22H2,1-2H3,(H,39,40)/t31-/m0/s1. The number of aromatic carboxylic acids is 1. The molecule has 4 heterocycles. The van der Waals surface area contributed by atoms with Crippen LogP contribution in [0.4, 0.5) is 4.79 Å². The molecule has 3 fully saturated rings. The molecule has 0 saturated carbocycles. The van der Waals surface area contributed by atoms with Crippen LogP contribution in [0.5, 0.6) is 0 Å². The molecule has 0 bridgehead atoms. The van der Waals surface area contributed by atoms with E-state index in [0.29, 0.717) is 0 Å². The van der Waals surface area contributed by atoms with Crippen molar-refractivity contribution in [1.82, 2.24) is 19.7 Å². The molecule has 3 aromatic rings. The summed E-state index contributed by atoms with van der Waals surface area (Å²) in [5.41, 5.74) is 4.97. The second-order valence-corrected chi connectivity index (χ2v) is 13.0. The molecule has 0 aliphatic carbocycles. The summed E-state index contributed by atoms with van der Waals surface area (Å²) in [7, 11) is 0. The highest BCUT2D eigenvalue weighted by molar-refractivity contribution is 7.99. The van der Waals surface area contributed by atoms with E-state index < -0.39 is 5.97 Å². The van der Waals surface area contributed by atoms with Crippen LogP contribution < -0.4 is 0 Å². The quantitative estimate of drug-likeness (QED) is 0.331. The van der Waals surface area contributed by atoms with Gasteiger partial charge in [0, 0.05) is 62.1 Å². The Labute approximate surface area is 258 Å². The number of likely N-dealkylation sites (tertiary alicyclic amines) is 1. The lowest BCUT2D eigenvalue weighted by atomic mass is 9.98. The molecule has 0 spiro atoms. The second kappa shape index (κ2) is 13.1. The Balaban J connectivity index is 1.09. The lowest BCUT2D eigenvalue weighted by Crippen LogP contribution is -2.48. The van der Waals surface area contributed by atoms with E-state index in [1.165, 1.54) is 28.5 Å². The smallest absolute Gasteiger partial charge is 0.335 e. The summed E-state index contributed by atoms with van der Waals surface area (Å²) in [6, 6.07) is 20.5. The van der Waals surface area contributed by atoms with Gasteiger partial charge in [-0.2, -0.15) is 0 Å². The van der Waals surface area contributed by atoms with Crippen molar-refractivity contribution in [2.45, 2.75) is 74.1 Å². The molecule has 8 nitrogen and oxygen atoms in total. The Morgan fingerprint density at radius 1 is 0.977 bits per heavy atom. The van der Waals surface area contributed by atoms with Crippen molar-refractivity contribution in [2.75, 3.05) is 32.8 Å². The lowest BCUT2D eigenvalue weighted by molar-refractivity contribution is 0.0493. The van der Waals surface area contributed by atoms with Crippen molar-refractivity contribution in [2.24, 2.45) is 0 Å². The van der Waals surface area contributed by atoms with E-state index in [2.05, 4.69) is 58.9 Å². The number of ether oxygens (including phenoxy) is 1. The maximum Gasteiger partial charge on any atom is 0.335 e. The third kappa shape index (κ3) is 6.74. The average molecular weight is 601 g/mol.